The summed E-state index contributed by atoms with van der Waals surface area (Å²) in [4.78, 5) is -0.163. The van der Waals surface area contributed by atoms with Gasteiger partial charge in [-0.15, -0.1) is 0 Å². The molecule has 4 nitrogen and oxygen atoms in total. The van der Waals surface area contributed by atoms with E-state index in [1.807, 2.05) is 0 Å². The molecule has 0 aliphatic carbocycles. The van der Waals surface area contributed by atoms with Gasteiger partial charge in [0.15, 0.2) is 0 Å². The lowest BCUT2D eigenvalue weighted by atomic mass is 10.2. The molecule has 68 valence electrons. The van der Waals surface area contributed by atoms with E-state index in [1.54, 1.807) is 12.1 Å². The van der Waals surface area contributed by atoms with Crippen molar-refractivity contribution in [1.29, 1.82) is 5.26 Å². The predicted molar refractivity (Wildman–Crippen MR) is 50.2 cm³/mol. The highest BCUT2D eigenvalue weighted by atomic mass is 79.9. The Morgan fingerprint density at radius 3 is 2.54 bits per heavy atom. The molecule has 0 amide bonds. The van der Waals surface area contributed by atoms with Crippen molar-refractivity contribution < 1.29 is 8.42 Å². The first kappa shape index (κ1) is 10.2. The Kier molecular flexibility index (Phi) is 2.71. The van der Waals surface area contributed by atoms with Crippen LogP contribution in [0, 0.1) is 11.3 Å². The van der Waals surface area contributed by atoms with Crippen LogP contribution in [0.1, 0.15) is 5.56 Å². The number of nitrogens with zero attached hydrogens (tertiary/aromatic N) is 1. The van der Waals surface area contributed by atoms with Crippen molar-refractivity contribution >= 4 is 26.0 Å². The summed E-state index contributed by atoms with van der Waals surface area (Å²) in [5, 5.41) is 13.5. The fourth-order valence-electron chi connectivity index (χ4n) is 0.824. The Balaban J connectivity index is 3.53. The summed E-state index contributed by atoms with van der Waals surface area (Å²) >= 11 is 3.09. The van der Waals surface area contributed by atoms with E-state index in [-0.39, 0.29) is 10.5 Å². The summed E-state index contributed by atoms with van der Waals surface area (Å²) < 4.78 is 22.5. The number of nitrogens with two attached hydrogens (primary N) is 1. The minimum atomic E-state index is -3.82. The molecular weight excluding hydrogens is 256 g/mol. The van der Waals surface area contributed by atoms with Crippen molar-refractivity contribution in [3.05, 3.63) is 28.2 Å². The van der Waals surface area contributed by atoms with Gasteiger partial charge in [-0.25, -0.2) is 13.6 Å². The number of nitriles is 1. The zero-order valence-corrected chi connectivity index (χ0v) is 8.76. The van der Waals surface area contributed by atoms with Gasteiger partial charge in [0.2, 0.25) is 10.0 Å². The largest absolute Gasteiger partial charge is 0.239 e. The van der Waals surface area contributed by atoms with Crippen molar-refractivity contribution in [3.63, 3.8) is 0 Å². The van der Waals surface area contributed by atoms with Crippen LogP contribution in [0.25, 0.3) is 0 Å². The van der Waals surface area contributed by atoms with Crippen molar-refractivity contribution in [3.8, 4) is 6.07 Å². The zero-order valence-electron chi connectivity index (χ0n) is 6.36. The maximum atomic E-state index is 11.0. The second-order valence-electron chi connectivity index (χ2n) is 2.30. The molecule has 1 aromatic carbocycles. The molecule has 1 aromatic rings. The van der Waals surface area contributed by atoms with Crippen LogP contribution in [-0.4, -0.2) is 8.42 Å². The van der Waals surface area contributed by atoms with E-state index in [0.717, 1.165) is 0 Å². The van der Waals surface area contributed by atoms with Gasteiger partial charge in [-0.05, 0) is 18.2 Å². The average Bonchev–Trinajstić information content (AvgIpc) is 2.03. The molecule has 0 aliphatic rings. The molecule has 0 spiro atoms. The van der Waals surface area contributed by atoms with Gasteiger partial charge >= 0.3 is 0 Å². The summed E-state index contributed by atoms with van der Waals surface area (Å²) in [6.45, 7) is 0. The van der Waals surface area contributed by atoms with E-state index in [2.05, 4.69) is 15.9 Å². The van der Waals surface area contributed by atoms with E-state index in [1.165, 1.54) is 12.1 Å². The lowest BCUT2D eigenvalue weighted by molar-refractivity contribution is 0.597. The molecule has 0 aliphatic heterocycles. The SMILES string of the molecule is N#Cc1ccc(Br)cc1S(N)(=O)=O. The van der Waals surface area contributed by atoms with Crippen LogP contribution in [0.3, 0.4) is 0 Å². The number of benzene rings is 1. The minimum absolute atomic E-state index is 0.0469. The van der Waals surface area contributed by atoms with Crippen LogP contribution in [0.15, 0.2) is 27.6 Å². The number of primary sulfonamides is 1. The van der Waals surface area contributed by atoms with Crippen LogP contribution in [0.4, 0.5) is 0 Å². The highest BCUT2D eigenvalue weighted by Gasteiger charge is 2.13. The molecule has 13 heavy (non-hydrogen) atoms. The fourth-order valence-corrected chi connectivity index (χ4v) is 2.05. The molecule has 0 saturated heterocycles. The van der Waals surface area contributed by atoms with Gasteiger partial charge in [-0.3, -0.25) is 0 Å². The van der Waals surface area contributed by atoms with Crippen molar-refractivity contribution in [1.82, 2.24) is 0 Å². The van der Waals surface area contributed by atoms with E-state index < -0.39 is 10.0 Å². The normalized spacial score (nSPS) is 10.8. The molecule has 0 radical (unpaired) electrons. The Bertz CT molecular complexity index is 476. The zero-order chi connectivity index (χ0) is 10.1. The lowest BCUT2D eigenvalue weighted by Gasteiger charge is -2.00. The van der Waals surface area contributed by atoms with Gasteiger partial charge in [0.1, 0.15) is 11.0 Å². The van der Waals surface area contributed by atoms with Gasteiger partial charge in [0.05, 0.1) is 5.56 Å². The first-order valence-electron chi connectivity index (χ1n) is 3.17. The molecule has 0 bridgehead atoms. The predicted octanol–water partition coefficient (Wildman–Crippen LogP) is 0.968. The van der Waals surface area contributed by atoms with Crippen molar-refractivity contribution in [2.24, 2.45) is 5.14 Å². The highest BCUT2D eigenvalue weighted by Crippen LogP contribution is 2.19. The number of rotatable bonds is 1. The van der Waals surface area contributed by atoms with Crippen molar-refractivity contribution in [2.45, 2.75) is 4.90 Å². The van der Waals surface area contributed by atoms with Gasteiger partial charge in [0, 0.05) is 4.47 Å². The van der Waals surface area contributed by atoms with Crippen LogP contribution in [-0.2, 0) is 10.0 Å². The molecule has 6 heteroatoms. The average molecular weight is 261 g/mol. The van der Waals surface area contributed by atoms with E-state index >= 15 is 0 Å². The molecule has 0 saturated carbocycles. The maximum Gasteiger partial charge on any atom is 0.239 e. The Morgan fingerprint density at radius 2 is 2.08 bits per heavy atom. The summed E-state index contributed by atoms with van der Waals surface area (Å²) in [6.07, 6.45) is 0. The quantitative estimate of drug-likeness (QED) is 0.817. The smallest absolute Gasteiger partial charge is 0.225 e. The highest BCUT2D eigenvalue weighted by molar-refractivity contribution is 9.10. The first-order valence-corrected chi connectivity index (χ1v) is 5.51. The number of hydrogen-bond acceptors (Lipinski definition) is 3. The standard InChI is InChI=1S/C7H5BrN2O2S/c8-6-2-1-5(4-9)7(3-6)13(10,11)12/h1-3H,(H2,10,11,12). The van der Waals surface area contributed by atoms with Crippen LogP contribution in [0.2, 0.25) is 0 Å². The molecule has 0 heterocycles. The Morgan fingerprint density at radius 1 is 1.46 bits per heavy atom. The van der Waals surface area contributed by atoms with Crippen LogP contribution in [0.5, 0.6) is 0 Å². The van der Waals surface area contributed by atoms with Gasteiger partial charge < -0.3 is 0 Å². The molecular formula is C7H5BrN2O2S. The van der Waals surface area contributed by atoms with Crippen molar-refractivity contribution in [2.75, 3.05) is 0 Å². The van der Waals surface area contributed by atoms with E-state index in [0.29, 0.717) is 4.47 Å². The summed E-state index contributed by atoms with van der Waals surface area (Å²) in [5.74, 6) is 0. The summed E-state index contributed by atoms with van der Waals surface area (Å²) in [5.41, 5.74) is 0.0469. The van der Waals surface area contributed by atoms with Crippen LogP contribution < -0.4 is 5.14 Å². The summed E-state index contributed by atoms with van der Waals surface area (Å²) in [6, 6.07) is 6.02. The molecule has 1 rings (SSSR count). The van der Waals surface area contributed by atoms with E-state index in [9.17, 15) is 8.42 Å². The van der Waals surface area contributed by atoms with Crippen LogP contribution >= 0.6 is 15.9 Å². The first-order chi connectivity index (χ1) is 5.95. The molecule has 0 unspecified atom stereocenters. The molecule has 0 atom stereocenters. The lowest BCUT2D eigenvalue weighted by Crippen LogP contribution is -2.13. The third kappa shape index (κ3) is 2.28. The Labute approximate surface area is 84.2 Å². The summed E-state index contributed by atoms with van der Waals surface area (Å²) in [7, 11) is -3.82. The second-order valence-corrected chi connectivity index (χ2v) is 4.74. The van der Waals surface area contributed by atoms with Gasteiger partial charge in [-0.2, -0.15) is 5.26 Å². The Hall–Kier alpha value is -0.900. The number of sulfonamides is 1. The molecule has 0 aromatic heterocycles. The fraction of sp³-hybridized carbons (Fsp3) is 0. The monoisotopic (exact) mass is 260 g/mol. The topological polar surface area (TPSA) is 83.9 Å². The maximum absolute atomic E-state index is 11.0. The third-order valence-electron chi connectivity index (χ3n) is 1.37. The van der Waals surface area contributed by atoms with Gasteiger partial charge in [-0.1, -0.05) is 15.9 Å². The van der Waals surface area contributed by atoms with Gasteiger partial charge in [0.25, 0.3) is 0 Å². The minimum Gasteiger partial charge on any atom is -0.225 e. The third-order valence-corrected chi connectivity index (χ3v) is 2.81. The molecule has 2 N–H and O–H groups in total. The number of halogens is 1. The molecule has 0 fully saturated rings. The number of hydrogen-bond donors (Lipinski definition) is 1. The second kappa shape index (κ2) is 3.46. The van der Waals surface area contributed by atoms with E-state index in [4.69, 9.17) is 10.4 Å².